The lowest BCUT2D eigenvalue weighted by atomic mass is 10.0. The van der Waals surface area contributed by atoms with Gasteiger partial charge in [-0.1, -0.05) is 58.5 Å². The molecule has 3 aromatic rings. The third kappa shape index (κ3) is 5.16. The summed E-state index contributed by atoms with van der Waals surface area (Å²) in [5.41, 5.74) is 1.48. The molecule has 2 aromatic carbocycles. The first-order valence-corrected chi connectivity index (χ1v) is 13.4. The molecule has 206 valence electrons. The minimum atomic E-state index is -1.35. The predicted molar refractivity (Wildman–Crippen MR) is 144 cm³/mol. The molecule has 1 fully saturated rings. The quantitative estimate of drug-likeness (QED) is 0.222. The van der Waals surface area contributed by atoms with E-state index in [-0.39, 0.29) is 48.6 Å². The van der Waals surface area contributed by atoms with Crippen molar-refractivity contribution < 1.29 is 37.9 Å². The van der Waals surface area contributed by atoms with Crippen molar-refractivity contribution in [3.05, 3.63) is 93.5 Å². The normalized spacial score (nSPS) is 19.1. The van der Waals surface area contributed by atoms with Gasteiger partial charge in [0.1, 0.15) is 6.54 Å². The van der Waals surface area contributed by atoms with Crippen LogP contribution in [-0.2, 0) is 36.6 Å². The van der Waals surface area contributed by atoms with Gasteiger partial charge in [0.05, 0.1) is 7.11 Å². The molecule has 1 saturated heterocycles. The first-order valence-electron chi connectivity index (χ1n) is 12.2. The average Bonchev–Trinajstić information content (AvgIpc) is 3.68. The summed E-state index contributed by atoms with van der Waals surface area (Å²) in [7, 11) is 1.22. The minimum Gasteiger partial charge on any atom is -0.464 e. The van der Waals surface area contributed by atoms with Crippen LogP contribution < -0.4 is 10.6 Å². The van der Waals surface area contributed by atoms with Crippen molar-refractivity contribution in [2.75, 3.05) is 25.8 Å². The van der Waals surface area contributed by atoms with Crippen molar-refractivity contribution in [1.29, 1.82) is 0 Å². The van der Waals surface area contributed by atoms with E-state index in [1.807, 2.05) is 30.3 Å². The van der Waals surface area contributed by atoms with E-state index in [1.165, 1.54) is 12.5 Å². The molecule has 0 aliphatic carbocycles. The number of carbonyl (C=O) groups is 4. The molecule has 0 saturated carbocycles. The lowest BCUT2D eigenvalue weighted by Crippen LogP contribution is -2.64. The van der Waals surface area contributed by atoms with Crippen molar-refractivity contribution in [2.24, 2.45) is 0 Å². The fourth-order valence-corrected chi connectivity index (χ4v) is 5.59. The van der Waals surface area contributed by atoms with Crippen LogP contribution in [-0.4, -0.2) is 59.8 Å². The van der Waals surface area contributed by atoms with Crippen LogP contribution in [0.5, 0.6) is 0 Å². The summed E-state index contributed by atoms with van der Waals surface area (Å²) in [6, 6.07) is 14.0. The molecule has 3 heterocycles. The predicted octanol–water partition coefficient (Wildman–Crippen LogP) is 3.62. The van der Waals surface area contributed by atoms with Crippen molar-refractivity contribution >= 4 is 51.9 Å². The fourth-order valence-electron chi connectivity index (χ4n) is 4.69. The number of thiazole rings is 1. The van der Waals surface area contributed by atoms with Crippen LogP contribution in [0, 0.1) is 0 Å². The zero-order valence-corrected chi connectivity index (χ0v) is 22.8. The Labute approximate surface area is 237 Å². The Morgan fingerprint density at radius 3 is 2.62 bits per heavy atom. The lowest BCUT2D eigenvalue weighted by molar-refractivity contribution is -0.763. The summed E-state index contributed by atoms with van der Waals surface area (Å²) in [5.74, 6) is -1.74. The van der Waals surface area contributed by atoms with Crippen molar-refractivity contribution in [2.45, 2.75) is 18.9 Å². The Morgan fingerprint density at radius 2 is 1.93 bits per heavy atom. The van der Waals surface area contributed by atoms with E-state index in [9.17, 15) is 19.2 Å². The number of carbonyl (C=O) groups excluding carboxylic acids is 4. The van der Waals surface area contributed by atoms with E-state index in [2.05, 4.69) is 20.4 Å². The molecule has 0 radical (unpaired) electrons. The third-order valence-corrected chi connectivity index (χ3v) is 7.51. The van der Waals surface area contributed by atoms with Gasteiger partial charge in [0.15, 0.2) is 16.9 Å². The molecule has 0 spiro atoms. The number of benzene rings is 2. The van der Waals surface area contributed by atoms with Crippen LogP contribution in [0.1, 0.15) is 21.6 Å². The largest absolute Gasteiger partial charge is 0.464 e. The smallest absolute Gasteiger partial charge is 0.433 e. The number of nitrogens with one attached hydrogen (secondary N) is 2. The maximum atomic E-state index is 14.0. The highest BCUT2D eigenvalue weighted by molar-refractivity contribution is 7.14. The molecule has 13 heteroatoms. The Bertz CT molecular complexity index is 1490. The summed E-state index contributed by atoms with van der Waals surface area (Å²) >= 11 is 7.22. The Morgan fingerprint density at radius 1 is 1.15 bits per heavy atom. The topological polar surface area (TPSA) is 133 Å². The third-order valence-electron chi connectivity index (χ3n) is 6.52. The van der Waals surface area contributed by atoms with Gasteiger partial charge in [-0.2, -0.15) is 0 Å². The Kier molecular flexibility index (Phi) is 7.83. The first kappa shape index (κ1) is 27.3. The number of quaternary nitrogens is 1. The Hall–Kier alpha value is -4.26. The molecule has 1 aromatic heterocycles. The number of urea groups is 1. The van der Waals surface area contributed by atoms with E-state index in [4.69, 9.17) is 21.1 Å². The van der Waals surface area contributed by atoms with Crippen LogP contribution in [0.4, 0.5) is 9.93 Å². The van der Waals surface area contributed by atoms with E-state index in [0.717, 1.165) is 16.9 Å². The number of anilines is 1. The number of amides is 4. The number of halogens is 1. The van der Waals surface area contributed by atoms with E-state index in [1.54, 1.807) is 24.3 Å². The molecule has 40 heavy (non-hydrogen) atoms. The van der Waals surface area contributed by atoms with Crippen molar-refractivity contribution in [3.8, 4) is 0 Å². The highest BCUT2D eigenvalue weighted by atomic mass is 35.5. The summed E-state index contributed by atoms with van der Waals surface area (Å²) in [6.45, 7) is -0.536. The lowest BCUT2D eigenvalue weighted by Gasteiger charge is -2.33. The second-order valence-electron chi connectivity index (χ2n) is 8.94. The van der Waals surface area contributed by atoms with Crippen LogP contribution in [0.15, 0.2) is 71.6 Å². The van der Waals surface area contributed by atoms with Gasteiger partial charge in [-0.05, 0) is 23.3 Å². The monoisotopic (exact) mass is 583 g/mol. The van der Waals surface area contributed by atoms with Gasteiger partial charge in [0.25, 0.3) is 5.91 Å². The number of aromatic nitrogens is 1. The number of rotatable bonds is 9. The Balaban J connectivity index is 1.60. The van der Waals surface area contributed by atoms with Gasteiger partial charge in [0, 0.05) is 23.2 Å². The van der Waals surface area contributed by atoms with E-state index >= 15 is 0 Å². The highest BCUT2D eigenvalue weighted by Gasteiger charge is 2.64. The molecule has 2 aliphatic heterocycles. The average molecular weight is 584 g/mol. The second kappa shape index (κ2) is 11.5. The number of esters is 1. The first-order chi connectivity index (χ1) is 19.3. The molecule has 0 bridgehead atoms. The highest BCUT2D eigenvalue weighted by Crippen LogP contribution is 2.37. The zero-order valence-electron chi connectivity index (χ0n) is 21.2. The summed E-state index contributed by atoms with van der Waals surface area (Å²) in [5, 5.41) is 7.19. The molecule has 1 unspecified atom stereocenters. The van der Waals surface area contributed by atoms with Gasteiger partial charge in [-0.25, -0.2) is 19.4 Å². The molecule has 5 rings (SSSR count). The summed E-state index contributed by atoms with van der Waals surface area (Å²) in [4.78, 5) is 57.4. The number of imide groups is 1. The molecule has 11 nitrogen and oxygen atoms in total. The molecular weight excluding hydrogens is 560 g/mol. The minimum absolute atomic E-state index is 0.00784. The SMILES string of the molecule is COC(=O)c1csc(NC(=O)[C@H](Cc2cccc(Cl)c2)[N+]2(C3=C(Cc4ccccc4)OCO3)C(=O)CNC2=O)n1. The maximum absolute atomic E-state index is 14.0. The number of allylic oxidation sites excluding steroid dienone is 1. The van der Waals surface area contributed by atoms with Gasteiger partial charge in [-0.15, -0.1) is 11.3 Å². The molecule has 2 N–H and O–H groups in total. The van der Waals surface area contributed by atoms with Crippen LogP contribution in [0.2, 0.25) is 5.02 Å². The van der Waals surface area contributed by atoms with Crippen LogP contribution in [0.25, 0.3) is 0 Å². The number of methoxy groups -OCH3 is 1. The molecular formula is C27H24ClN4O7S+. The second-order valence-corrected chi connectivity index (χ2v) is 10.2. The molecule has 2 aliphatic rings. The van der Waals surface area contributed by atoms with Crippen LogP contribution >= 0.6 is 22.9 Å². The fraction of sp³-hybridized carbons (Fsp3) is 0.222. The number of hydrogen-bond acceptors (Lipinski definition) is 9. The van der Waals surface area contributed by atoms with Gasteiger partial charge < -0.3 is 14.2 Å². The van der Waals surface area contributed by atoms with Gasteiger partial charge >= 0.3 is 23.8 Å². The number of hydrogen-bond donors (Lipinski definition) is 2. The molecule has 2 atom stereocenters. The van der Waals surface area contributed by atoms with Gasteiger partial charge in [0.2, 0.25) is 12.6 Å². The standard InChI is InChI=1S/C27H23ClN4O7S/c1-37-25(35)19-14-40-26(30-19)31-23(34)20(11-17-8-5-9-18(28)10-17)32(22(33)13-29-27(32)36)24-21(38-15-39-24)12-16-6-3-2-4-7-16/h2-10,14,20H,11-13,15H2,1H3,(H-,29,30,31,34,36)/p+1/t20-,32?/m0/s1. The summed E-state index contributed by atoms with van der Waals surface area (Å²) in [6.07, 6.45) is 0.170. The summed E-state index contributed by atoms with van der Waals surface area (Å²) < 4.78 is 15.2. The van der Waals surface area contributed by atoms with Crippen molar-refractivity contribution in [1.82, 2.24) is 10.3 Å². The zero-order chi connectivity index (χ0) is 28.3. The number of nitrogens with zero attached hydrogens (tertiary/aromatic N) is 2. The number of ether oxygens (including phenoxy) is 3. The van der Waals surface area contributed by atoms with E-state index in [0.29, 0.717) is 10.6 Å². The maximum Gasteiger partial charge on any atom is 0.433 e. The van der Waals surface area contributed by atoms with E-state index < -0.39 is 34.3 Å². The molecule has 4 amide bonds. The van der Waals surface area contributed by atoms with Gasteiger partial charge in [-0.3, -0.25) is 15.4 Å². The van der Waals surface area contributed by atoms with Crippen molar-refractivity contribution in [3.63, 3.8) is 0 Å². The van der Waals surface area contributed by atoms with Crippen LogP contribution in [0.3, 0.4) is 0 Å².